The highest BCUT2D eigenvalue weighted by Gasteiger charge is 2.24. The molecule has 20 heavy (non-hydrogen) atoms. The van der Waals surface area contributed by atoms with E-state index in [0.717, 1.165) is 42.8 Å². The van der Waals surface area contributed by atoms with Gasteiger partial charge in [0, 0.05) is 19.5 Å². The van der Waals surface area contributed by atoms with Crippen molar-refractivity contribution in [3.63, 3.8) is 0 Å². The Labute approximate surface area is 117 Å². The summed E-state index contributed by atoms with van der Waals surface area (Å²) in [6.07, 6.45) is 3.83. The summed E-state index contributed by atoms with van der Waals surface area (Å²) in [7, 11) is 0. The lowest BCUT2D eigenvalue weighted by Crippen LogP contribution is -2.21. The average molecular weight is 271 g/mol. The van der Waals surface area contributed by atoms with Crippen LogP contribution in [0.2, 0.25) is 0 Å². The molecule has 1 atom stereocenters. The van der Waals surface area contributed by atoms with Gasteiger partial charge in [0.05, 0.1) is 17.2 Å². The number of aliphatic carboxylic acids is 1. The fourth-order valence-electron chi connectivity index (χ4n) is 2.70. The van der Waals surface area contributed by atoms with E-state index < -0.39 is 5.97 Å². The molecule has 1 fully saturated rings. The maximum atomic E-state index is 10.6. The van der Waals surface area contributed by atoms with Crippen LogP contribution in [0.4, 0.5) is 5.82 Å². The van der Waals surface area contributed by atoms with Gasteiger partial charge in [0.2, 0.25) is 0 Å². The van der Waals surface area contributed by atoms with Gasteiger partial charge < -0.3 is 10.0 Å². The Hall–Kier alpha value is -2.17. The van der Waals surface area contributed by atoms with Gasteiger partial charge in [0.25, 0.3) is 0 Å². The zero-order valence-electron chi connectivity index (χ0n) is 11.2. The van der Waals surface area contributed by atoms with Crippen molar-refractivity contribution in [1.29, 1.82) is 0 Å². The molecule has 1 aliphatic rings. The summed E-state index contributed by atoms with van der Waals surface area (Å²) < 4.78 is 0. The highest BCUT2D eigenvalue weighted by atomic mass is 16.4. The molecule has 3 rings (SSSR count). The minimum atomic E-state index is -0.714. The van der Waals surface area contributed by atoms with E-state index in [4.69, 9.17) is 5.11 Å². The molecule has 2 heterocycles. The van der Waals surface area contributed by atoms with E-state index in [1.807, 2.05) is 30.5 Å². The minimum absolute atomic E-state index is 0.252. The molecule has 1 aromatic heterocycles. The van der Waals surface area contributed by atoms with Crippen molar-refractivity contribution in [2.45, 2.75) is 19.3 Å². The van der Waals surface area contributed by atoms with Crippen LogP contribution in [-0.4, -0.2) is 34.1 Å². The van der Waals surface area contributed by atoms with Gasteiger partial charge in [-0.1, -0.05) is 12.1 Å². The van der Waals surface area contributed by atoms with Gasteiger partial charge in [0.1, 0.15) is 5.82 Å². The van der Waals surface area contributed by atoms with Gasteiger partial charge in [-0.2, -0.15) is 0 Å². The molecule has 0 bridgehead atoms. The first-order chi connectivity index (χ1) is 9.72. The molecule has 1 unspecified atom stereocenters. The number of hydrogen-bond acceptors (Lipinski definition) is 4. The first kappa shape index (κ1) is 12.8. The number of anilines is 1. The number of carbonyl (C=O) groups is 1. The maximum Gasteiger partial charge on any atom is 0.303 e. The second kappa shape index (κ2) is 5.45. The number of hydrogen-bond donors (Lipinski definition) is 1. The van der Waals surface area contributed by atoms with Crippen LogP contribution in [0.25, 0.3) is 11.0 Å². The Balaban J connectivity index is 1.71. The number of benzene rings is 1. The van der Waals surface area contributed by atoms with E-state index >= 15 is 0 Å². The Bertz CT molecular complexity index is 629. The summed E-state index contributed by atoms with van der Waals surface area (Å²) in [6.45, 7) is 1.80. The van der Waals surface area contributed by atoms with Crippen LogP contribution in [0.5, 0.6) is 0 Å². The summed E-state index contributed by atoms with van der Waals surface area (Å²) in [4.78, 5) is 21.9. The fraction of sp³-hybridized carbons (Fsp3) is 0.400. The van der Waals surface area contributed by atoms with Crippen LogP contribution in [0.3, 0.4) is 0 Å². The van der Waals surface area contributed by atoms with Gasteiger partial charge in [-0.05, 0) is 30.9 Å². The molecule has 1 aliphatic heterocycles. The monoisotopic (exact) mass is 271 g/mol. The first-order valence-electron chi connectivity index (χ1n) is 6.91. The molecule has 0 aliphatic carbocycles. The number of carboxylic acids is 1. The summed E-state index contributed by atoms with van der Waals surface area (Å²) in [6, 6.07) is 7.82. The van der Waals surface area contributed by atoms with Gasteiger partial charge in [-0.25, -0.2) is 4.98 Å². The van der Waals surface area contributed by atoms with E-state index in [1.54, 1.807) is 0 Å². The normalized spacial score (nSPS) is 18.6. The minimum Gasteiger partial charge on any atom is -0.481 e. The summed E-state index contributed by atoms with van der Waals surface area (Å²) >= 11 is 0. The van der Waals surface area contributed by atoms with Crippen molar-refractivity contribution in [2.24, 2.45) is 5.92 Å². The fourth-order valence-corrected chi connectivity index (χ4v) is 2.70. The van der Waals surface area contributed by atoms with Crippen LogP contribution < -0.4 is 4.90 Å². The van der Waals surface area contributed by atoms with E-state index in [2.05, 4.69) is 14.9 Å². The van der Waals surface area contributed by atoms with Crippen LogP contribution in [0, 0.1) is 5.92 Å². The Morgan fingerprint density at radius 2 is 2.15 bits per heavy atom. The quantitative estimate of drug-likeness (QED) is 0.924. The Kier molecular flexibility index (Phi) is 3.50. The molecule has 1 N–H and O–H groups in total. The molecular formula is C15H17N3O2. The van der Waals surface area contributed by atoms with Crippen LogP contribution in [0.1, 0.15) is 19.3 Å². The molecule has 104 valence electrons. The van der Waals surface area contributed by atoms with Gasteiger partial charge in [0.15, 0.2) is 0 Å². The van der Waals surface area contributed by atoms with Crippen LogP contribution in [0.15, 0.2) is 30.5 Å². The van der Waals surface area contributed by atoms with Crippen molar-refractivity contribution in [3.8, 4) is 0 Å². The third-order valence-corrected chi connectivity index (χ3v) is 3.81. The first-order valence-corrected chi connectivity index (χ1v) is 6.91. The number of nitrogens with zero attached hydrogens (tertiary/aromatic N) is 3. The lowest BCUT2D eigenvalue weighted by Gasteiger charge is -2.17. The Morgan fingerprint density at radius 1 is 1.35 bits per heavy atom. The third-order valence-electron chi connectivity index (χ3n) is 3.81. The molecular weight excluding hydrogens is 254 g/mol. The van der Waals surface area contributed by atoms with Gasteiger partial charge >= 0.3 is 5.97 Å². The van der Waals surface area contributed by atoms with Gasteiger partial charge in [-0.15, -0.1) is 0 Å². The number of para-hydroxylation sites is 2. The molecule has 0 radical (unpaired) electrons. The highest BCUT2D eigenvalue weighted by molar-refractivity contribution is 5.75. The largest absolute Gasteiger partial charge is 0.481 e. The molecule has 5 nitrogen and oxygen atoms in total. The molecule has 2 aromatic rings. The molecule has 1 saturated heterocycles. The molecule has 0 saturated carbocycles. The van der Waals surface area contributed by atoms with Crippen LogP contribution >= 0.6 is 0 Å². The average Bonchev–Trinajstić information content (AvgIpc) is 2.93. The lowest BCUT2D eigenvalue weighted by atomic mass is 10.0. The lowest BCUT2D eigenvalue weighted by molar-refractivity contribution is -0.137. The summed E-state index contributed by atoms with van der Waals surface area (Å²) in [5.74, 6) is 0.620. The predicted octanol–water partition coefficient (Wildman–Crippen LogP) is 2.32. The maximum absolute atomic E-state index is 10.6. The van der Waals surface area contributed by atoms with E-state index in [0.29, 0.717) is 5.92 Å². The van der Waals surface area contributed by atoms with E-state index in [1.165, 1.54) is 0 Å². The second-order valence-corrected chi connectivity index (χ2v) is 5.25. The third kappa shape index (κ3) is 2.71. The molecule has 0 amide bonds. The zero-order chi connectivity index (χ0) is 13.9. The van der Waals surface area contributed by atoms with Crippen LogP contribution in [-0.2, 0) is 4.79 Å². The molecule has 5 heteroatoms. The number of aromatic nitrogens is 2. The zero-order valence-corrected chi connectivity index (χ0v) is 11.2. The van der Waals surface area contributed by atoms with Crippen molar-refractivity contribution in [2.75, 3.05) is 18.0 Å². The van der Waals surface area contributed by atoms with E-state index in [9.17, 15) is 4.79 Å². The topological polar surface area (TPSA) is 66.3 Å². The van der Waals surface area contributed by atoms with Gasteiger partial charge in [-0.3, -0.25) is 9.78 Å². The number of fused-ring (bicyclic) bond motifs is 1. The van der Waals surface area contributed by atoms with Crippen molar-refractivity contribution < 1.29 is 9.90 Å². The molecule has 0 spiro atoms. The summed E-state index contributed by atoms with van der Waals surface area (Å²) in [5.41, 5.74) is 1.80. The number of rotatable bonds is 4. The molecule has 1 aromatic carbocycles. The SMILES string of the molecule is O=C(O)CCC1CCN(c2cnc3ccccc3n2)C1. The van der Waals surface area contributed by atoms with Crippen molar-refractivity contribution in [3.05, 3.63) is 30.5 Å². The standard InChI is InChI=1S/C15H17N3O2/c19-15(20)6-5-11-7-8-18(10-11)14-9-16-12-3-1-2-4-13(12)17-14/h1-4,9,11H,5-8,10H2,(H,19,20). The van der Waals surface area contributed by atoms with E-state index in [-0.39, 0.29) is 6.42 Å². The summed E-state index contributed by atoms with van der Waals surface area (Å²) in [5, 5.41) is 8.74. The second-order valence-electron chi connectivity index (χ2n) is 5.25. The Morgan fingerprint density at radius 3 is 2.95 bits per heavy atom. The van der Waals surface area contributed by atoms with Crippen molar-refractivity contribution in [1.82, 2.24) is 9.97 Å². The number of carboxylic acid groups (broad SMARTS) is 1. The van der Waals surface area contributed by atoms with Crippen molar-refractivity contribution >= 4 is 22.8 Å². The predicted molar refractivity (Wildman–Crippen MR) is 76.7 cm³/mol. The smallest absolute Gasteiger partial charge is 0.303 e. The highest BCUT2D eigenvalue weighted by Crippen LogP contribution is 2.25.